The second-order valence-electron chi connectivity index (χ2n) is 5.45. The summed E-state index contributed by atoms with van der Waals surface area (Å²) in [6.07, 6.45) is 0. The van der Waals surface area contributed by atoms with Crippen molar-refractivity contribution < 1.29 is 22.7 Å². The largest absolute Gasteiger partial charge is 0.493 e. The zero-order valence-electron chi connectivity index (χ0n) is 14.9. The Morgan fingerprint density at radius 2 is 1.77 bits per heavy atom. The summed E-state index contributed by atoms with van der Waals surface area (Å²) in [5.74, 6) is 0.932. The first-order valence-corrected chi connectivity index (χ1v) is 9.51. The minimum absolute atomic E-state index is 0.111. The zero-order valence-corrected chi connectivity index (χ0v) is 15.7. The van der Waals surface area contributed by atoms with Gasteiger partial charge in [-0.05, 0) is 48.9 Å². The highest BCUT2D eigenvalue weighted by Crippen LogP contribution is 2.28. The summed E-state index contributed by atoms with van der Waals surface area (Å²) in [6.45, 7) is 3.84. The Labute approximate surface area is 153 Å². The Morgan fingerprint density at radius 1 is 1.08 bits per heavy atom. The van der Waals surface area contributed by atoms with Crippen LogP contribution in [0.3, 0.4) is 0 Å². The number of methoxy groups -OCH3 is 1. The monoisotopic (exact) mass is 378 g/mol. The maximum atomic E-state index is 12.4. The van der Waals surface area contributed by atoms with Gasteiger partial charge in [-0.1, -0.05) is 6.07 Å². The van der Waals surface area contributed by atoms with Crippen molar-refractivity contribution in [3.05, 3.63) is 48.0 Å². The van der Waals surface area contributed by atoms with Crippen molar-refractivity contribution >= 4 is 21.6 Å². The summed E-state index contributed by atoms with van der Waals surface area (Å²) in [6, 6.07) is 11.2. The van der Waals surface area contributed by atoms with Gasteiger partial charge in [-0.15, -0.1) is 0 Å². The van der Waals surface area contributed by atoms with Crippen LogP contribution in [0.5, 0.6) is 11.5 Å². The van der Waals surface area contributed by atoms with Gasteiger partial charge in [0.1, 0.15) is 0 Å². The maximum absolute atomic E-state index is 12.4. The number of sulfonamides is 1. The van der Waals surface area contributed by atoms with E-state index in [1.807, 2.05) is 6.92 Å². The van der Waals surface area contributed by atoms with Crippen molar-refractivity contribution in [2.24, 2.45) is 0 Å². The number of ether oxygens (including phenoxy) is 2. The summed E-state index contributed by atoms with van der Waals surface area (Å²) in [5, 5.41) is 2.59. The molecule has 2 aromatic rings. The summed E-state index contributed by atoms with van der Waals surface area (Å²) in [5.41, 5.74) is 1.28. The summed E-state index contributed by atoms with van der Waals surface area (Å²) in [7, 11) is -2.13. The van der Waals surface area contributed by atoms with Crippen LogP contribution in [0.2, 0.25) is 0 Å². The van der Waals surface area contributed by atoms with E-state index in [-0.39, 0.29) is 17.3 Å². The fraction of sp³-hybridized carbons (Fsp3) is 0.278. The molecule has 0 aliphatic rings. The Kier molecular flexibility index (Phi) is 6.59. The van der Waals surface area contributed by atoms with Crippen LogP contribution >= 0.6 is 0 Å². The van der Waals surface area contributed by atoms with E-state index < -0.39 is 10.0 Å². The van der Waals surface area contributed by atoms with E-state index in [1.54, 1.807) is 25.3 Å². The van der Waals surface area contributed by atoms with Crippen LogP contribution in [0.25, 0.3) is 0 Å². The van der Waals surface area contributed by atoms with Crippen LogP contribution in [-0.4, -0.2) is 28.0 Å². The molecule has 0 saturated heterocycles. The fourth-order valence-corrected chi connectivity index (χ4v) is 3.30. The van der Waals surface area contributed by atoms with Crippen molar-refractivity contribution in [2.45, 2.75) is 25.3 Å². The zero-order chi connectivity index (χ0) is 19.2. The lowest BCUT2D eigenvalue weighted by atomic mass is 10.2. The van der Waals surface area contributed by atoms with Crippen molar-refractivity contribution in [1.82, 2.24) is 4.72 Å². The molecule has 0 spiro atoms. The lowest BCUT2D eigenvalue weighted by Gasteiger charge is -2.12. The Balaban J connectivity index is 2.10. The van der Waals surface area contributed by atoms with E-state index in [1.165, 1.54) is 31.2 Å². The maximum Gasteiger partial charge on any atom is 0.240 e. The number of carbonyl (C=O) groups excluding carboxylic acids is 1. The van der Waals surface area contributed by atoms with Crippen LogP contribution in [0.4, 0.5) is 5.69 Å². The van der Waals surface area contributed by atoms with Crippen LogP contribution in [0.1, 0.15) is 19.4 Å². The third-order valence-corrected chi connectivity index (χ3v) is 4.90. The molecule has 7 nitrogen and oxygen atoms in total. The predicted octanol–water partition coefficient (Wildman–Crippen LogP) is 2.53. The molecule has 0 aliphatic carbocycles. The van der Waals surface area contributed by atoms with E-state index in [2.05, 4.69) is 10.0 Å². The molecule has 0 heterocycles. The summed E-state index contributed by atoms with van der Waals surface area (Å²) in [4.78, 5) is 11.1. The minimum atomic E-state index is -3.68. The van der Waals surface area contributed by atoms with Crippen LogP contribution in [-0.2, 0) is 21.4 Å². The number of anilines is 1. The SMILES string of the molecule is CCOc1cc(CNS(=O)(=O)c2ccc(NC(C)=O)cc2)ccc1OC. The molecule has 0 unspecified atom stereocenters. The van der Waals surface area contributed by atoms with Gasteiger partial charge in [-0.3, -0.25) is 4.79 Å². The quantitative estimate of drug-likeness (QED) is 0.736. The topological polar surface area (TPSA) is 93.7 Å². The molecular formula is C18H22N2O5S. The van der Waals surface area contributed by atoms with Gasteiger partial charge in [0, 0.05) is 19.2 Å². The average Bonchev–Trinajstić information content (AvgIpc) is 2.60. The minimum Gasteiger partial charge on any atom is -0.493 e. The Hall–Kier alpha value is -2.58. The van der Waals surface area contributed by atoms with Gasteiger partial charge in [0.25, 0.3) is 0 Å². The van der Waals surface area contributed by atoms with E-state index >= 15 is 0 Å². The first-order chi connectivity index (χ1) is 12.4. The molecule has 0 saturated carbocycles. The average molecular weight is 378 g/mol. The van der Waals surface area contributed by atoms with E-state index in [0.29, 0.717) is 23.8 Å². The van der Waals surface area contributed by atoms with Gasteiger partial charge < -0.3 is 14.8 Å². The third-order valence-electron chi connectivity index (χ3n) is 3.48. The number of hydrogen-bond acceptors (Lipinski definition) is 5. The lowest BCUT2D eigenvalue weighted by molar-refractivity contribution is -0.114. The lowest BCUT2D eigenvalue weighted by Crippen LogP contribution is -2.23. The van der Waals surface area contributed by atoms with Gasteiger partial charge in [0.05, 0.1) is 18.6 Å². The molecule has 8 heteroatoms. The second-order valence-corrected chi connectivity index (χ2v) is 7.22. The molecule has 0 bridgehead atoms. The van der Waals surface area contributed by atoms with Crippen molar-refractivity contribution in [3.8, 4) is 11.5 Å². The van der Waals surface area contributed by atoms with Gasteiger partial charge in [-0.25, -0.2) is 13.1 Å². The first-order valence-electron chi connectivity index (χ1n) is 8.02. The number of rotatable bonds is 8. The highest BCUT2D eigenvalue weighted by Gasteiger charge is 2.14. The van der Waals surface area contributed by atoms with Crippen LogP contribution < -0.4 is 19.5 Å². The van der Waals surface area contributed by atoms with Crippen molar-refractivity contribution in [3.63, 3.8) is 0 Å². The fourth-order valence-electron chi connectivity index (χ4n) is 2.28. The number of benzene rings is 2. The molecule has 1 amide bonds. The normalized spacial score (nSPS) is 11.0. The highest BCUT2D eigenvalue weighted by molar-refractivity contribution is 7.89. The van der Waals surface area contributed by atoms with Crippen LogP contribution in [0, 0.1) is 0 Å². The molecule has 0 fully saturated rings. The summed E-state index contributed by atoms with van der Waals surface area (Å²) >= 11 is 0. The highest BCUT2D eigenvalue weighted by atomic mass is 32.2. The van der Waals surface area contributed by atoms with E-state index in [0.717, 1.165) is 5.56 Å². The molecular weight excluding hydrogens is 356 g/mol. The molecule has 0 aliphatic heterocycles. The van der Waals surface area contributed by atoms with Crippen LogP contribution in [0.15, 0.2) is 47.4 Å². The van der Waals surface area contributed by atoms with Crippen molar-refractivity contribution in [2.75, 3.05) is 19.0 Å². The Bertz CT molecular complexity index is 864. The number of nitrogens with one attached hydrogen (secondary N) is 2. The molecule has 2 aromatic carbocycles. The molecule has 0 aromatic heterocycles. The smallest absolute Gasteiger partial charge is 0.240 e. The third kappa shape index (κ3) is 5.21. The number of hydrogen-bond donors (Lipinski definition) is 2. The molecule has 26 heavy (non-hydrogen) atoms. The van der Waals surface area contributed by atoms with E-state index in [9.17, 15) is 13.2 Å². The van der Waals surface area contributed by atoms with Crippen molar-refractivity contribution in [1.29, 1.82) is 0 Å². The molecule has 0 radical (unpaired) electrons. The van der Waals surface area contributed by atoms with Gasteiger partial charge >= 0.3 is 0 Å². The Morgan fingerprint density at radius 3 is 2.35 bits per heavy atom. The molecule has 2 rings (SSSR count). The number of carbonyl (C=O) groups is 1. The molecule has 2 N–H and O–H groups in total. The van der Waals surface area contributed by atoms with Gasteiger partial charge in [0.15, 0.2) is 11.5 Å². The number of amides is 1. The predicted molar refractivity (Wildman–Crippen MR) is 98.9 cm³/mol. The molecule has 140 valence electrons. The summed E-state index contributed by atoms with van der Waals surface area (Å²) < 4.78 is 38.1. The van der Waals surface area contributed by atoms with E-state index in [4.69, 9.17) is 9.47 Å². The standard InChI is InChI=1S/C18H22N2O5S/c1-4-25-18-11-14(5-10-17(18)24-3)12-19-26(22,23)16-8-6-15(7-9-16)20-13(2)21/h5-11,19H,4,12H2,1-3H3,(H,20,21). The first kappa shape index (κ1) is 19.7. The molecule has 0 atom stereocenters. The van der Waals surface area contributed by atoms with Gasteiger partial charge in [-0.2, -0.15) is 0 Å². The van der Waals surface area contributed by atoms with Gasteiger partial charge in [0.2, 0.25) is 15.9 Å². The second kappa shape index (κ2) is 8.68.